The van der Waals surface area contributed by atoms with Gasteiger partial charge in [-0.05, 0) is 24.3 Å². The van der Waals surface area contributed by atoms with E-state index in [2.05, 4.69) is 0 Å². The topological polar surface area (TPSA) is 258 Å². The Labute approximate surface area is 248 Å². The summed E-state index contributed by atoms with van der Waals surface area (Å²) in [6, 6.07) is 8.68. The smallest absolute Gasteiger partial charge is 0.229 e. The van der Waals surface area contributed by atoms with Gasteiger partial charge in [0, 0.05) is 17.7 Å². The van der Waals surface area contributed by atoms with Crippen LogP contribution in [0.1, 0.15) is 0 Å². The molecule has 0 saturated carbocycles. The van der Waals surface area contributed by atoms with Crippen molar-refractivity contribution in [3.63, 3.8) is 0 Å². The summed E-state index contributed by atoms with van der Waals surface area (Å²) < 4.78 is 33.2. The van der Waals surface area contributed by atoms with E-state index >= 15 is 0 Å². The molecule has 2 aliphatic rings. The van der Waals surface area contributed by atoms with Crippen LogP contribution in [0.3, 0.4) is 0 Å². The zero-order valence-electron chi connectivity index (χ0n) is 23.0. The molecular weight excluding hydrogens is 592 g/mol. The summed E-state index contributed by atoms with van der Waals surface area (Å²) in [5.41, 5.74) is -0.450. The second-order valence-electron chi connectivity index (χ2n) is 10.3. The van der Waals surface area contributed by atoms with E-state index in [4.69, 9.17) is 28.1 Å². The highest BCUT2D eigenvalue weighted by molar-refractivity contribution is 5.89. The van der Waals surface area contributed by atoms with Gasteiger partial charge in [-0.3, -0.25) is 4.79 Å². The SMILES string of the molecule is COc1ccc(-c2cc(=O)c3c(O)c(O)c(O[C@@H]4O[C@H](CO)[C@@H](O)[C@H](O)[C@H]4O[C@@H]4O[C@H](CO)[C@@H](O)[C@H](O)[C@@H]4O)cc3o2)cc1. The van der Waals surface area contributed by atoms with E-state index in [-0.39, 0.29) is 16.7 Å². The van der Waals surface area contributed by atoms with Crippen LogP contribution in [-0.4, -0.2) is 128 Å². The van der Waals surface area contributed by atoms with Crippen LogP contribution in [0.2, 0.25) is 0 Å². The lowest BCUT2D eigenvalue weighted by atomic mass is 9.97. The van der Waals surface area contributed by atoms with Crippen LogP contribution in [0.4, 0.5) is 0 Å². The molecule has 10 atom stereocenters. The van der Waals surface area contributed by atoms with Crippen molar-refractivity contribution in [3.8, 4) is 34.3 Å². The third-order valence-corrected chi connectivity index (χ3v) is 7.51. The normalized spacial score (nSPS) is 32.5. The second kappa shape index (κ2) is 12.8. The van der Waals surface area contributed by atoms with Gasteiger partial charge in [0.25, 0.3) is 0 Å². The van der Waals surface area contributed by atoms with Crippen LogP contribution in [0.15, 0.2) is 45.6 Å². The van der Waals surface area contributed by atoms with Gasteiger partial charge < -0.3 is 74.1 Å². The lowest BCUT2D eigenvalue weighted by Gasteiger charge is -2.45. The molecule has 0 radical (unpaired) electrons. The minimum atomic E-state index is -1.91. The largest absolute Gasteiger partial charge is 0.504 e. The number of rotatable bonds is 8. The van der Waals surface area contributed by atoms with Gasteiger partial charge in [0.05, 0.1) is 20.3 Å². The molecule has 16 nitrogen and oxygen atoms in total. The number of phenols is 2. The predicted molar refractivity (Wildman–Crippen MR) is 145 cm³/mol. The van der Waals surface area contributed by atoms with E-state index in [1.54, 1.807) is 24.3 Å². The molecule has 3 aromatic rings. The first kappa shape index (κ1) is 31.9. The van der Waals surface area contributed by atoms with E-state index in [0.29, 0.717) is 11.3 Å². The molecule has 5 rings (SSSR count). The Kier molecular flexibility index (Phi) is 9.28. The number of aliphatic hydroxyl groups excluding tert-OH is 7. The highest BCUT2D eigenvalue weighted by Crippen LogP contribution is 2.43. The maximum absolute atomic E-state index is 12.9. The Morgan fingerprint density at radius 1 is 0.773 bits per heavy atom. The number of phenolic OH excluding ortho intramolecular Hbond substituents is 2. The maximum atomic E-state index is 12.9. The predicted octanol–water partition coefficient (Wildman–Crippen LogP) is -2.12. The Morgan fingerprint density at radius 2 is 1.39 bits per heavy atom. The highest BCUT2D eigenvalue weighted by atomic mass is 16.8. The third-order valence-electron chi connectivity index (χ3n) is 7.51. The monoisotopic (exact) mass is 624 g/mol. The van der Waals surface area contributed by atoms with Crippen molar-refractivity contribution in [2.75, 3.05) is 20.3 Å². The molecule has 3 heterocycles. The Bertz CT molecular complexity index is 1510. The summed E-state index contributed by atoms with van der Waals surface area (Å²) >= 11 is 0. The number of hydrogen-bond donors (Lipinski definition) is 9. The summed E-state index contributed by atoms with van der Waals surface area (Å²) in [5.74, 6) is -1.74. The molecule has 0 spiro atoms. The summed E-state index contributed by atoms with van der Waals surface area (Å²) in [7, 11) is 1.49. The number of ether oxygens (including phenoxy) is 5. The summed E-state index contributed by atoms with van der Waals surface area (Å²) in [4.78, 5) is 12.9. The minimum Gasteiger partial charge on any atom is -0.504 e. The van der Waals surface area contributed by atoms with Crippen molar-refractivity contribution in [3.05, 3.63) is 46.6 Å². The molecule has 0 bridgehead atoms. The number of methoxy groups -OCH3 is 1. The molecule has 2 fully saturated rings. The Morgan fingerprint density at radius 3 is 2.00 bits per heavy atom. The minimum absolute atomic E-state index is 0.0952. The molecule has 16 heteroatoms. The first-order valence-electron chi connectivity index (χ1n) is 13.4. The van der Waals surface area contributed by atoms with Gasteiger partial charge in [0.15, 0.2) is 29.3 Å². The van der Waals surface area contributed by atoms with E-state index < -0.39 is 97.3 Å². The van der Waals surface area contributed by atoms with Crippen LogP contribution >= 0.6 is 0 Å². The molecule has 9 N–H and O–H groups in total. The third kappa shape index (κ3) is 5.80. The Balaban J connectivity index is 1.50. The van der Waals surface area contributed by atoms with Crippen molar-refractivity contribution < 1.29 is 74.1 Å². The fraction of sp³-hybridized carbons (Fsp3) is 0.464. The van der Waals surface area contributed by atoms with Gasteiger partial charge in [0.1, 0.15) is 65.2 Å². The quantitative estimate of drug-likeness (QED) is 0.121. The summed E-state index contributed by atoms with van der Waals surface area (Å²) in [5, 5.41) is 92.2. The van der Waals surface area contributed by atoms with Crippen molar-refractivity contribution in [2.24, 2.45) is 0 Å². The van der Waals surface area contributed by atoms with E-state index in [9.17, 15) is 50.8 Å². The van der Waals surface area contributed by atoms with E-state index in [0.717, 1.165) is 12.1 Å². The molecule has 0 unspecified atom stereocenters. The average molecular weight is 625 g/mol. The van der Waals surface area contributed by atoms with Crippen LogP contribution in [-0.2, 0) is 14.2 Å². The number of fused-ring (bicyclic) bond motifs is 1. The fourth-order valence-corrected chi connectivity index (χ4v) is 5.01. The van der Waals surface area contributed by atoms with Crippen LogP contribution < -0.4 is 14.9 Å². The van der Waals surface area contributed by atoms with Gasteiger partial charge in [0.2, 0.25) is 12.0 Å². The molecule has 0 amide bonds. The van der Waals surface area contributed by atoms with Crippen LogP contribution in [0.5, 0.6) is 23.0 Å². The lowest BCUT2D eigenvalue weighted by Crippen LogP contribution is -2.65. The lowest BCUT2D eigenvalue weighted by molar-refractivity contribution is -0.358. The van der Waals surface area contributed by atoms with E-state index in [1.165, 1.54) is 7.11 Å². The van der Waals surface area contributed by atoms with Gasteiger partial charge >= 0.3 is 0 Å². The van der Waals surface area contributed by atoms with Crippen molar-refractivity contribution in [2.45, 2.75) is 61.4 Å². The van der Waals surface area contributed by atoms with Crippen LogP contribution in [0.25, 0.3) is 22.3 Å². The molecule has 2 aliphatic heterocycles. The first-order valence-corrected chi connectivity index (χ1v) is 13.4. The summed E-state index contributed by atoms with van der Waals surface area (Å²) in [6.07, 6.45) is -17.3. The number of aliphatic hydroxyl groups is 7. The standard InChI is InChI=1S/C28H32O16/c1-39-11-4-2-10(3-5-11)13-6-12(31)18-14(40-13)7-15(19(32)22(18)35)41-28-26(24(37)21(34)17(9-30)43-28)44-27-25(38)23(36)20(33)16(8-29)42-27/h2-7,16-17,20-21,23-30,32-38H,8-9H2,1H3/t16-,17-,20-,21-,23+,24+,25+,26-,27+,28-/m1/s1. The molecule has 240 valence electrons. The number of aromatic hydroxyl groups is 2. The molecule has 44 heavy (non-hydrogen) atoms. The van der Waals surface area contributed by atoms with Crippen molar-refractivity contribution >= 4 is 11.0 Å². The maximum Gasteiger partial charge on any atom is 0.229 e. The van der Waals surface area contributed by atoms with Crippen LogP contribution in [0, 0.1) is 0 Å². The highest BCUT2D eigenvalue weighted by Gasteiger charge is 2.51. The number of benzene rings is 2. The van der Waals surface area contributed by atoms with Gasteiger partial charge in [-0.1, -0.05) is 0 Å². The van der Waals surface area contributed by atoms with Gasteiger partial charge in [-0.2, -0.15) is 0 Å². The molecule has 1 aromatic heterocycles. The zero-order chi connectivity index (χ0) is 31.9. The second-order valence-corrected chi connectivity index (χ2v) is 10.3. The first-order chi connectivity index (χ1) is 21.0. The van der Waals surface area contributed by atoms with Gasteiger partial charge in [-0.15, -0.1) is 0 Å². The molecular formula is C28H32O16. The molecule has 2 saturated heterocycles. The Hall–Kier alpha value is -3.55. The average Bonchev–Trinajstić information content (AvgIpc) is 3.02. The van der Waals surface area contributed by atoms with Crippen molar-refractivity contribution in [1.82, 2.24) is 0 Å². The van der Waals surface area contributed by atoms with Gasteiger partial charge in [-0.25, -0.2) is 0 Å². The zero-order valence-corrected chi connectivity index (χ0v) is 23.0. The molecule has 2 aromatic carbocycles. The number of hydrogen-bond acceptors (Lipinski definition) is 16. The summed E-state index contributed by atoms with van der Waals surface area (Å²) in [6.45, 7) is -1.59. The van der Waals surface area contributed by atoms with E-state index in [1.807, 2.05) is 0 Å². The fourth-order valence-electron chi connectivity index (χ4n) is 5.01. The van der Waals surface area contributed by atoms with Crippen molar-refractivity contribution in [1.29, 1.82) is 0 Å². The molecule has 0 aliphatic carbocycles.